The van der Waals surface area contributed by atoms with Gasteiger partial charge in [0.15, 0.2) is 0 Å². The van der Waals surface area contributed by atoms with Crippen LogP contribution in [-0.2, 0) is 13.6 Å². The molecule has 0 unspecified atom stereocenters. The number of imidazole rings is 1. The molecule has 1 saturated heterocycles. The first kappa shape index (κ1) is 15.8. The van der Waals surface area contributed by atoms with Crippen molar-refractivity contribution in [3.8, 4) is 5.75 Å². The first-order chi connectivity index (χ1) is 12.7. The Labute approximate surface area is 152 Å². The summed E-state index contributed by atoms with van der Waals surface area (Å²) >= 11 is 0. The number of fused-ring (bicyclic) bond motifs is 2. The number of piperidine rings is 1. The number of ether oxygens (including phenoxy) is 1. The number of nitrogens with zero attached hydrogens (tertiary/aromatic N) is 3. The van der Waals surface area contributed by atoms with Crippen LogP contribution in [0.5, 0.6) is 5.75 Å². The zero-order valence-corrected chi connectivity index (χ0v) is 14.8. The van der Waals surface area contributed by atoms with E-state index in [4.69, 9.17) is 4.74 Å². The highest BCUT2D eigenvalue weighted by atomic mass is 19.1. The molecule has 2 fully saturated rings. The molecule has 4 nitrogen and oxygen atoms in total. The van der Waals surface area contributed by atoms with Crippen molar-refractivity contribution in [3.05, 3.63) is 60.2 Å². The van der Waals surface area contributed by atoms with E-state index in [1.807, 2.05) is 41.9 Å². The maximum absolute atomic E-state index is 13.5. The molecular weight excluding hydrogens is 329 g/mol. The van der Waals surface area contributed by atoms with E-state index in [-0.39, 0.29) is 5.82 Å². The molecule has 5 rings (SSSR count). The van der Waals surface area contributed by atoms with Crippen LogP contribution in [0.4, 0.5) is 4.39 Å². The van der Waals surface area contributed by atoms with Gasteiger partial charge in [0.1, 0.15) is 17.4 Å². The fourth-order valence-electron chi connectivity index (χ4n) is 4.38. The van der Waals surface area contributed by atoms with Crippen molar-refractivity contribution >= 4 is 11.0 Å². The van der Waals surface area contributed by atoms with E-state index in [1.165, 1.54) is 6.07 Å². The zero-order chi connectivity index (χ0) is 17.7. The molecule has 3 atom stereocenters. The van der Waals surface area contributed by atoms with Crippen molar-refractivity contribution in [2.75, 3.05) is 19.7 Å². The van der Waals surface area contributed by atoms with E-state index in [0.29, 0.717) is 5.92 Å². The highest BCUT2D eigenvalue weighted by molar-refractivity contribution is 5.75. The molecule has 0 bridgehead atoms. The van der Waals surface area contributed by atoms with Crippen LogP contribution < -0.4 is 4.74 Å². The summed E-state index contributed by atoms with van der Waals surface area (Å²) in [6, 6.07) is 14.8. The third kappa shape index (κ3) is 2.76. The van der Waals surface area contributed by atoms with Crippen LogP contribution in [-0.4, -0.2) is 34.1 Å². The molecule has 1 saturated carbocycles. The maximum Gasteiger partial charge on any atom is 0.125 e. The second kappa shape index (κ2) is 6.09. The predicted molar refractivity (Wildman–Crippen MR) is 98.4 cm³/mol. The fraction of sp³-hybridized carbons (Fsp3) is 0.381. The molecule has 2 heterocycles. The average molecular weight is 351 g/mol. The summed E-state index contributed by atoms with van der Waals surface area (Å²) < 4.78 is 21.4. The molecule has 1 aliphatic carbocycles. The number of aromatic nitrogens is 2. The van der Waals surface area contributed by atoms with Gasteiger partial charge in [-0.3, -0.25) is 4.90 Å². The molecule has 26 heavy (non-hydrogen) atoms. The maximum atomic E-state index is 13.5. The number of para-hydroxylation sites is 1. The molecule has 3 aromatic rings. The summed E-state index contributed by atoms with van der Waals surface area (Å²) in [5, 5.41) is 0. The van der Waals surface area contributed by atoms with Crippen LogP contribution in [0, 0.1) is 23.6 Å². The predicted octanol–water partition coefficient (Wildman–Crippen LogP) is 3.47. The monoisotopic (exact) mass is 351 g/mol. The minimum Gasteiger partial charge on any atom is -0.493 e. The summed E-state index contributed by atoms with van der Waals surface area (Å²) in [5.74, 6) is 3.92. The van der Waals surface area contributed by atoms with Gasteiger partial charge in [-0.2, -0.15) is 0 Å². The van der Waals surface area contributed by atoms with Gasteiger partial charge in [-0.15, -0.1) is 0 Å². The van der Waals surface area contributed by atoms with Crippen molar-refractivity contribution in [1.82, 2.24) is 14.5 Å². The van der Waals surface area contributed by atoms with E-state index in [9.17, 15) is 4.39 Å². The van der Waals surface area contributed by atoms with Crippen LogP contribution in [0.3, 0.4) is 0 Å². The van der Waals surface area contributed by atoms with Crippen LogP contribution in [0.1, 0.15) is 5.82 Å². The first-order valence-electron chi connectivity index (χ1n) is 9.20. The lowest BCUT2D eigenvalue weighted by atomic mass is 10.2. The van der Waals surface area contributed by atoms with E-state index in [1.54, 1.807) is 12.1 Å². The summed E-state index contributed by atoms with van der Waals surface area (Å²) in [6.45, 7) is 3.85. The Morgan fingerprint density at radius 2 is 1.88 bits per heavy atom. The largest absolute Gasteiger partial charge is 0.493 e. The summed E-state index contributed by atoms with van der Waals surface area (Å²) in [6.07, 6.45) is 0. The van der Waals surface area contributed by atoms with E-state index in [0.717, 1.165) is 60.7 Å². The standard InChI is InChI=1S/C21H22FN3O/c1-24-20-9-14(22)7-8-19(20)23-21(24)12-25-10-16-17(11-25)18(16)13-26-15-5-3-2-4-6-15/h2-9,16-18H,10-13H2,1H3/t16-,17+,18-. The van der Waals surface area contributed by atoms with Gasteiger partial charge < -0.3 is 9.30 Å². The van der Waals surface area contributed by atoms with Crippen LogP contribution in [0.2, 0.25) is 0 Å². The summed E-state index contributed by atoms with van der Waals surface area (Å²) in [7, 11) is 1.97. The van der Waals surface area contributed by atoms with Gasteiger partial charge >= 0.3 is 0 Å². The number of aryl methyl sites for hydroxylation is 1. The van der Waals surface area contributed by atoms with Crippen LogP contribution in [0.25, 0.3) is 11.0 Å². The van der Waals surface area contributed by atoms with Gasteiger partial charge in [0.25, 0.3) is 0 Å². The molecule has 2 aromatic carbocycles. The van der Waals surface area contributed by atoms with E-state index >= 15 is 0 Å². The van der Waals surface area contributed by atoms with Gasteiger partial charge in [-0.25, -0.2) is 9.37 Å². The number of likely N-dealkylation sites (tertiary alicyclic amines) is 1. The third-order valence-electron chi connectivity index (χ3n) is 5.93. The van der Waals surface area contributed by atoms with Crippen molar-refractivity contribution < 1.29 is 9.13 Å². The molecule has 5 heteroatoms. The minimum atomic E-state index is -0.212. The third-order valence-corrected chi connectivity index (χ3v) is 5.93. The zero-order valence-electron chi connectivity index (χ0n) is 14.8. The van der Waals surface area contributed by atoms with Crippen LogP contribution >= 0.6 is 0 Å². The van der Waals surface area contributed by atoms with Gasteiger partial charge in [0.2, 0.25) is 0 Å². The summed E-state index contributed by atoms with van der Waals surface area (Å²) in [5.41, 5.74) is 1.72. The molecule has 0 N–H and O–H groups in total. The Morgan fingerprint density at radius 3 is 2.65 bits per heavy atom. The summed E-state index contributed by atoms with van der Waals surface area (Å²) in [4.78, 5) is 7.15. The fourth-order valence-corrected chi connectivity index (χ4v) is 4.38. The topological polar surface area (TPSA) is 30.3 Å². The lowest BCUT2D eigenvalue weighted by Crippen LogP contribution is -2.26. The van der Waals surface area contributed by atoms with E-state index < -0.39 is 0 Å². The number of hydrogen-bond acceptors (Lipinski definition) is 3. The molecule has 0 spiro atoms. The SMILES string of the molecule is Cn1c(CN2C[C@@H]3[C@H](COc4ccccc4)[C@@H]3C2)nc2ccc(F)cc21. The van der Waals surface area contributed by atoms with Gasteiger partial charge in [0.05, 0.1) is 24.2 Å². The Hall–Kier alpha value is -2.40. The highest BCUT2D eigenvalue weighted by Gasteiger charge is 2.55. The lowest BCUT2D eigenvalue weighted by Gasteiger charge is -2.19. The average Bonchev–Trinajstić information content (AvgIpc) is 2.97. The van der Waals surface area contributed by atoms with Gasteiger partial charge in [-0.1, -0.05) is 18.2 Å². The second-order valence-electron chi connectivity index (χ2n) is 7.53. The van der Waals surface area contributed by atoms with Gasteiger partial charge in [0, 0.05) is 26.1 Å². The van der Waals surface area contributed by atoms with Crippen molar-refractivity contribution in [3.63, 3.8) is 0 Å². The van der Waals surface area contributed by atoms with Crippen LogP contribution in [0.15, 0.2) is 48.5 Å². The number of halogens is 1. The molecule has 0 radical (unpaired) electrons. The van der Waals surface area contributed by atoms with Crippen molar-refractivity contribution in [1.29, 1.82) is 0 Å². The molecule has 2 aliphatic rings. The van der Waals surface area contributed by atoms with Gasteiger partial charge in [-0.05, 0) is 42.2 Å². The second-order valence-corrected chi connectivity index (χ2v) is 7.53. The van der Waals surface area contributed by atoms with Crippen molar-refractivity contribution in [2.45, 2.75) is 6.54 Å². The normalized spacial score (nSPS) is 24.8. The molecule has 0 amide bonds. The molecule has 1 aliphatic heterocycles. The van der Waals surface area contributed by atoms with Crippen molar-refractivity contribution in [2.24, 2.45) is 24.8 Å². The molecule has 134 valence electrons. The number of benzene rings is 2. The smallest absolute Gasteiger partial charge is 0.125 e. The minimum absolute atomic E-state index is 0.212. The highest BCUT2D eigenvalue weighted by Crippen LogP contribution is 2.52. The quantitative estimate of drug-likeness (QED) is 0.705. The molecule has 1 aromatic heterocycles. The number of hydrogen-bond donors (Lipinski definition) is 0. The number of rotatable bonds is 5. The molecular formula is C21H22FN3O. The Kier molecular flexibility index (Phi) is 3.71. The Bertz CT molecular complexity index is 927. The first-order valence-corrected chi connectivity index (χ1v) is 9.20. The Balaban J connectivity index is 1.19. The lowest BCUT2D eigenvalue weighted by molar-refractivity contribution is 0.226. The Morgan fingerprint density at radius 1 is 1.12 bits per heavy atom. The van der Waals surface area contributed by atoms with E-state index in [2.05, 4.69) is 9.88 Å².